The third-order valence-corrected chi connectivity index (χ3v) is 3.39. The Morgan fingerprint density at radius 2 is 2.00 bits per heavy atom. The number of hydrogen-bond donors (Lipinski definition) is 2. The van der Waals surface area contributed by atoms with E-state index in [4.69, 9.17) is 10.5 Å². The molecule has 2 atom stereocenters. The molecular formula is C16H26N2O2. The molecule has 0 aromatic heterocycles. The molecule has 4 heteroatoms. The summed E-state index contributed by atoms with van der Waals surface area (Å²) in [6.45, 7) is 9.92. The molecule has 0 fully saturated rings. The lowest BCUT2D eigenvalue weighted by Gasteiger charge is -2.19. The number of anilines is 1. The van der Waals surface area contributed by atoms with E-state index >= 15 is 0 Å². The lowest BCUT2D eigenvalue weighted by atomic mass is 9.99. The van der Waals surface area contributed by atoms with Gasteiger partial charge in [0.15, 0.2) is 0 Å². The summed E-state index contributed by atoms with van der Waals surface area (Å²) in [5, 5.41) is 2.89. The van der Waals surface area contributed by atoms with Crippen LogP contribution in [-0.2, 0) is 4.79 Å². The number of carbonyl (C=O) groups excluding carboxylic acids is 1. The summed E-state index contributed by atoms with van der Waals surface area (Å²) >= 11 is 0. The molecule has 3 N–H and O–H groups in total. The first kappa shape index (κ1) is 16.5. The molecule has 1 amide bonds. The Labute approximate surface area is 121 Å². The highest BCUT2D eigenvalue weighted by Crippen LogP contribution is 2.22. The predicted octanol–water partition coefficient (Wildman–Crippen LogP) is 3.09. The van der Waals surface area contributed by atoms with Gasteiger partial charge in [-0.2, -0.15) is 0 Å². The van der Waals surface area contributed by atoms with E-state index in [1.54, 1.807) is 0 Å². The Balaban J connectivity index is 2.76. The van der Waals surface area contributed by atoms with Crippen LogP contribution in [0.15, 0.2) is 18.2 Å². The van der Waals surface area contributed by atoms with Gasteiger partial charge >= 0.3 is 0 Å². The first-order chi connectivity index (χ1) is 9.35. The minimum absolute atomic E-state index is 0.133. The Bertz CT molecular complexity index is 458. The number of benzene rings is 1. The van der Waals surface area contributed by atoms with Crippen molar-refractivity contribution in [2.75, 3.05) is 5.32 Å². The maximum atomic E-state index is 12.1. The van der Waals surface area contributed by atoms with Crippen LogP contribution in [0.3, 0.4) is 0 Å². The molecule has 1 aromatic rings. The van der Waals surface area contributed by atoms with Gasteiger partial charge in [-0.15, -0.1) is 0 Å². The number of hydrogen-bond acceptors (Lipinski definition) is 3. The molecule has 0 aliphatic rings. The second-order valence-corrected chi connectivity index (χ2v) is 5.54. The van der Waals surface area contributed by atoms with Gasteiger partial charge in [-0.3, -0.25) is 4.79 Å². The predicted molar refractivity (Wildman–Crippen MR) is 83.0 cm³/mol. The van der Waals surface area contributed by atoms with E-state index in [9.17, 15) is 4.79 Å². The molecule has 112 valence electrons. The normalized spacial score (nSPS) is 13.9. The van der Waals surface area contributed by atoms with E-state index in [1.807, 2.05) is 52.8 Å². The molecule has 20 heavy (non-hydrogen) atoms. The summed E-state index contributed by atoms with van der Waals surface area (Å²) in [5.41, 5.74) is 7.68. The molecule has 4 nitrogen and oxygen atoms in total. The first-order valence-corrected chi connectivity index (χ1v) is 7.18. The van der Waals surface area contributed by atoms with Gasteiger partial charge in [0.05, 0.1) is 12.1 Å². The summed E-state index contributed by atoms with van der Waals surface area (Å²) in [6.07, 6.45) is 1.02. The molecule has 0 spiro atoms. The van der Waals surface area contributed by atoms with Crippen molar-refractivity contribution in [1.82, 2.24) is 0 Å². The molecule has 0 saturated heterocycles. The van der Waals surface area contributed by atoms with Crippen molar-refractivity contribution < 1.29 is 9.53 Å². The second-order valence-electron chi connectivity index (χ2n) is 5.54. The van der Waals surface area contributed by atoms with Gasteiger partial charge in [-0.1, -0.05) is 20.3 Å². The van der Waals surface area contributed by atoms with Gasteiger partial charge in [0.1, 0.15) is 5.75 Å². The highest BCUT2D eigenvalue weighted by Gasteiger charge is 2.19. The lowest BCUT2D eigenvalue weighted by Crippen LogP contribution is -2.40. The van der Waals surface area contributed by atoms with Crippen LogP contribution in [0.1, 0.15) is 39.7 Å². The maximum Gasteiger partial charge on any atom is 0.241 e. The van der Waals surface area contributed by atoms with E-state index in [-0.39, 0.29) is 17.9 Å². The topological polar surface area (TPSA) is 64.4 Å². The van der Waals surface area contributed by atoms with Gasteiger partial charge in [0.2, 0.25) is 5.91 Å². The summed E-state index contributed by atoms with van der Waals surface area (Å²) in [4.78, 5) is 12.1. The van der Waals surface area contributed by atoms with Gasteiger partial charge < -0.3 is 15.8 Å². The largest absolute Gasteiger partial charge is 0.491 e. The summed E-state index contributed by atoms with van der Waals surface area (Å²) in [7, 11) is 0. The third-order valence-electron chi connectivity index (χ3n) is 3.39. The smallest absolute Gasteiger partial charge is 0.241 e. The average molecular weight is 278 g/mol. The van der Waals surface area contributed by atoms with Gasteiger partial charge in [-0.05, 0) is 50.5 Å². The van der Waals surface area contributed by atoms with Crippen molar-refractivity contribution in [3.8, 4) is 5.75 Å². The number of rotatable bonds is 6. The highest BCUT2D eigenvalue weighted by molar-refractivity contribution is 5.95. The van der Waals surface area contributed by atoms with Crippen molar-refractivity contribution in [3.05, 3.63) is 23.8 Å². The fraction of sp³-hybridized carbons (Fsp3) is 0.562. The van der Waals surface area contributed by atoms with E-state index in [0.717, 1.165) is 23.4 Å². The monoisotopic (exact) mass is 278 g/mol. The van der Waals surface area contributed by atoms with Crippen LogP contribution in [0, 0.1) is 12.8 Å². The SMILES string of the molecule is CCC(C)[C@H](N)C(=O)Nc1ccc(OC(C)C)cc1C. The second kappa shape index (κ2) is 7.29. The van der Waals surface area contributed by atoms with Crippen LogP contribution < -0.4 is 15.8 Å². The Morgan fingerprint density at radius 3 is 2.50 bits per heavy atom. The van der Waals surface area contributed by atoms with Crippen molar-refractivity contribution in [1.29, 1.82) is 0 Å². The fourth-order valence-corrected chi connectivity index (χ4v) is 1.85. The van der Waals surface area contributed by atoms with Gasteiger partial charge in [0.25, 0.3) is 0 Å². The summed E-state index contributed by atoms with van der Waals surface area (Å²) in [6, 6.07) is 5.15. The summed E-state index contributed by atoms with van der Waals surface area (Å²) < 4.78 is 5.62. The fourth-order valence-electron chi connectivity index (χ4n) is 1.85. The van der Waals surface area contributed by atoms with Crippen LogP contribution in [0.2, 0.25) is 0 Å². The minimum atomic E-state index is -0.481. The molecule has 1 unspecified atom stereocenters. The molecule has 0 aliphatic heterocycles. The third kappa shape index (κ3) is 4.53. The highest BCUT2D eigenvalue weighted by atomic mass is 16.5. The molecule has 0 radical (unpaired) electrons. The van der Waals surface area contributed by atoms with Crippen molar-refractivity contribution >= 4 is 11.6 Å². The lowest BCUT2D eigenvalue weighted by molar-refractivity contribution is -0.118. The van der Waals surface area contributed by atoms with Crippen LogP contribution in [-0.4, -0.2) is 18.1 Å². The molecule has 0 bridgehead atoms. The molecule has 0 saturated carbocycles. The Hall–Kier alpha value is -1.55. The van der Waals surface area contributed by atoms with Crippen LogP contribution in [0.4, 0.5) is 5.69 Å². The standard InChI is InChI=1S/C16H26N2O2/c1-6-11(4)15(17)16(19)18-14-8-7-13(9-12(14)5)20-10(2)3/h7-11,15H,6,17H2,1-5H3,(H,18,19)/t11?,15-/m0/s1. The molecular weight excluding hydrogens is 252 g/mol. The number of amides is 1. The van der Waals surface area contributed by atoms with E-state index < -0.39 is 6.04 Å². The van der Waals surface area contributed by atoms with Gasteiger partial charge in [0, 0.05) is 5.69 Å². The Morgan fingerprint density at radius 1 is 1.35 bits per heavy atom. The number of aryl methyl sites for hydroxylation is 1. The zero-order valence-corrected chi connectivity index (χ0v) is 13.1. The number of nitrogens with one attached hydrogen (secondary N) is 1. The quantitative estimate of drug-likeness (QED) is 0.840. The minimum Gasteiger partial charge on any atom is -0.491 e. The Kier molecular flexibility index (Phi) is 6.02. The molecule has 0 heterocycles. The molecule has 1 aromatic carbocycles. The first-order valence-electron chi connectivity index (χ1n) is 7.18. The van der Waals surface area contributed by atoms with Crippen molar-refractivity contribution in [3.63, 3.8) is 0 Å². The van der Waals surface area contributed by atoms with Crippen LogP contribution in [0.5, 0.6) is 5.75 Å². The molecule has 0 aliphatic carbocycles. The van der Waals surface area contributed by atoms with Gasteiger partial charge in [-0.25, -0.2) is 0 Å². The molecule has 1 rings (SSSR count). The van der Waals surface area contributed by atoms with Crippen molar-refractivity contribution in [2.24, 2.45) is 11.7 Å². The summed E-state index contributed by atoms with van der Waals surface area (Å²) in [5.74, 6) is 0.834. The van der Waals surface area contributed by atoms with Crippen LogP contribution >= 0.6 is 0 Å². The van der Waals surface area contributed by atoms with Crippen molar-refractivity contribution in [2.45, 2.75) is 53.2 Å². The van der Waals surface area contributed by atoms with E-state index in [0.29, 0.717) is 0 Å². The average Bonchev–Trinajstić information content (AvgIpc) is 2.39. The van der Waals surface area contributed by atoms with E-state index in [2.05, 4.69) is 5.32 Å². The van der Waals surface area contributed by atoms with E-state index in [1.165, 1.54) is 0 Å². The number of carbonyl (C=O) groups is 1. The zero-order chi connectivity index (χ0) is 15.3. The number of nitrogens with two attached hydrogens (primary N) is 1. The maximum absolute atomic E-state index is 12.1. The zero-order valence-electron chi connectivity index (χ0n) is 13.1. The number of ether oxygens (including phenoxy) is 1. The van der Waals surface area contributed by atoms with Crippen LogP contribution in [0.25, 0.3) is 0 Å².